The van der Waals surface area contributed by atoms with Gasteiger partial charge in [0.15, 0.2) is 5.16 Å². The first-order valence-corrected chi connectivity index (χ1v) is 12.3. The number of aromatic nitrogens is 3. The Morgan fingerprint density at radius 1 is 1.00 bits per heavy atom. The number of benzene rings is 1. The Labute approximate surface area is 193 Å². The van der Waals surface area contributed by atoms with E-state index >= 15 is 0 Å². The van der Waals surface area contributed by atoms with E-state index in [1.54, 1.807) is 23.5 Å². The zero-order chi connectivity index (χ0) is 22.8. The maximum Gasteiger partial charge on any atom is 0.411 e. The summed E-state index contributed by atoms with van der Waals surface area (Å²) in [6, 6.07) is 9.98. The summed E-state index contributed by atoms with van der Waals surface area (Å²) in [5.74, 6) is 1.63. The summed E-state index contributed by atoms with van der Waals surface area (Å²) in [5, 5.41) is 0.881. The molecular weight excluding hydrogens is 459 g/mol. The van der Waals surface area contributed by atoms with Crippen LogP contribution in [0.2, 0.25) is 0 Å². The molecule has 0 amide bonds. The van der Waals surface area contributed by atoms with Gasteiger partial charge in [-0.05, 0) is 43.5 Å². The lowest BCUT2D eigenvalue weighted by Crippen LogP contribution is -2.17. The molecule has 1 aromatic carbocycles. The SMILES string of the molecule is Cc1c(SCCCOCCCOCC(F)(F)F)ccnc1CSc1nc2ccccc2[nH]1. The van der Waals surface area contributed by atoms with Crippen molar-refractivity contribution >= 4 is 34.6 Å². The van der Waals surface area contributed by atoms with Gasteiger partial charge in [0.05, 0.1) is 16.7 Å². The van der Waals surface area contributed by atoms with Gasteiger partial charge in [0.1, 0.15) is 6.61 Å². The summed E-state index contributed by atoms with van der Waals surface area (Å²) in [4.78, 5) is 13.6. The lowest BCUT2D eigenvalue weighted by molar-refractivity contribution is -0.174. The highest BCUT2D eigenvalue weighted by molar-refractivity contribution is 7.99. The largest absolute Gasteiger partial charge is 0.411 e. The molecule has 0 saturated carbocycles. The van der Waals surface area contributed by atoms with Gasteiger partial charge in [-0.1, -0.05) is 23.9 Å². The van der Waals surface area contributed by atoms with Crippen LogP contribution in [0.1, 0.15) is 24.1 Å². The third-order valence-corrected chi connectivity index (χ3v) is 6.64. The number of thioether (sulfide) groups is 2. The van der Waals surface area contributed by atoms with Crippen molar-refractivity contribution in [1.82, 2.24) is 15.0 Å². The predicted molar refractivity (Wildman–Crippen MR) is 122 cm³/mol. The third kappa shape index (κ3) is 8.31. The highest BCUT2D eigenvalue weighted by atomic mass is 32.2. The van der Waals surface area contributed by atoms with E-state index in [9.17, 15) is 13.2 Å². The molecule has 0 aliphatic rings. The minimum absolute atomic E-state index is 0.0549. The van der Waals surface area contributed by atoms with Crippen LogP contribution in [0.3, 0.4) is 0 Å². The van der Waals surface area contributed by atoms with Crippen molar-refractivity contribution in [2.45, 2.75) is 41.7 Å². The molecule has 3 rings (SSSR count). The van der Waals surface area contributed by atoms with Crippen LogP contribution in [0.5, 0.6) is 0 Å². The molecule has 5 nitrogen and oxygen atoms in total. The number of hydrogen-bond acceptors (Lipinski definition) is 6. The Morgan fingerprint density at radius 3 is 2.59 bits per heavy atom. The lowest BCUT2D eigenvalue weighted by atomic mass is 10.2. The fraction of sp³-hybridized carbons (Fsp3) is 0.455. The molecule has 0 radical (unpaired) electrons. The Bertz CT molecular complexity index is 949. The van der Waals surface area contributed by atoms with E-state index in [-0.39, 0.29) is 6.61 Å². The second kappa shape index (κ2) is 12.5. The van der Waals surface area contributed by atoms with Crippen LogP contribution in [0.4, 0.5) is 13.2 Å². The third-order valence-electron chi connectivity index (χ3n) is 4.51. The summed E-state index contributed by atoms with van der Waals surface area (Å²) < 4.78 is 45.9. The first kappa shape index (κ1) is 24.9. The molecule has 2 aromatic heterocycles. The van der Waals surface area contributed by atoms with Crippen LogP contribution in [-0.4, -0.2) is 53.3 Å². The standard InChI is InChI=1S/C22H26F3N3O2S2/c1-16-19(14-32-21-27-17-6-2-3-7-18(17)28-21)26-9-8-20(16)31-13-5-12-29-10-4-11-30-15-22(23,24)25/h2-3,6-9H,4-5,10-15H2,1H3,(H,27,28). The lowest BCUT2D eigenvalue weighted by Gasteiger charge is -2.10. The van der Waals surface area contributed by atoms with Crippen molar-refractivity contribution in [3.05, 3.63) is 47.8 Å². The molecule has 3 aromatic rings. The molecule has 0 spiro atoms. The number of rotatable bonds is 13. The number of aromatic amines is 1. The number of H-pyrrole nitrogens is 1. The minimum atomic E-state index is -4.27. The molecule has 174 valence electrons. The highest BCUT2D eigenvalue weighted by Crippen LogP contribution is 2.28. The second-order valence-corrected chi connectivity index (χ2v) is 9.17. The van der Waals surface area contributed by atoms with E-state index in [0.717, 1.165) is 39.8 Å². The molecule has 2 heterocycles. The number of pyridine rings is 1. The van der Waals surface area contributed by atoms with Crippen LogP contribution >= 0.6 is 23.5 Å². The molecule has 0 aliphatic heterocycles. The Hall–Kier alpha value is -1.75. The van der Waals surface area contributed by atoms with E-state index in [4.69, 9.17) is 4.74 Å². The highest BCUT2D eigenvalue weighted by Gasteiger charge is 2.27. The zero-order valence-corrected chi connectivity index (χ0v) is 19.4. The molecule has 1 N–H and O–H groups in total. The van der Waals surface area contributed by atoms with Gasteiger partial charge in [-0.2, -0.15) is 13.2 Å². The minimum Gasteiger partial charge on any atom is -0.381 e. The average Bonchev–Trinajstić information content (AvgIpc) is 3.17. The number of hydrogen-bond donors (Lipinski definition) is 1. The van der Waals surface area contributed by atoms with Crippen LogP contribution < -0.4 is 0 Å². The maximum atomic E-state index is 12.0. The van der Waals surface area contributed by atoms with Crippen molar-refractivity contribution in [2.24, 2.45) is 0 Å². The Kier molecular flexibility index (Phi) is 9.70. The summed E-state index contributed by atoms with van der Waals surface area (Å²) >= 11 is 3.39. The molecule has 0 unspecified atom stereocenters. The van der Waals surface area contributed by atoms with Gasteiger partial charge in [0.25, 0.3) is 0 Å². The van der Waals surface area contributed by atoms with E-state index in [1.807, 2.05) is 36.5 Å². The van der Waals surface area contributed by atoms with Crippen molar-refractivity contribution in [3.63, 3.8) is 0 Å². The quantitative estimate of drug-likeness (QED) is 0.236. The number of imidazole rings is 1. The summed E-state index contributed by atoms with van der Waals surface area (Å²) in [5.41, 5.74) is 4.19. The van der Waals surface area contributed by atoms with Crippen LogP contribution in [0.25, 0.3) is 11.0 Å². The number of para-hydroxylation sites is 2. The van der Waals surface area contributed by atoms with Gasteiger partial charge in [-0.3, -0.25) is 4.98 Å². The number of nitrogens with zero attached hydrogens (tertiary/aromatic N) is 2. The second-order valence-electron chi connectivity index (χ2n) is 7.06. The zero-order valence-electron chi connectivity index (χ0n) is 17.8. The van der Waals surface area contributed by atoms with Gasteiger partial charge in [0, 0.05) is 42.4 Å². The van der Waals surface area contributed by atoms with E-state index < -0.39 is 12.8 Å². The van der Waals surface area contributed by atoms with Crippen molar-refractivity contribution in [3.8, 4) is 0 Å². The molecule has 0 saturated heterocycles. The number of ether oxygens (including phenoxy) is 2. The van der Waals surface area contributed by atoms with E-state index in [1.165, 1.54) is 10.5 Å². The monoisotopic (exact) mass is 485 g/mol. The van der Waals surface area contributed by atoms with Crippen molar-refractivity contribution < 1.29 is 22.6 Å². The topological polar surface area (TPSA) is 60.0 Å². The van der Waals surface area contributed by atoms with Gasteiger partial charge >= 0.3 is 6.18 Å². The molecular formula is C22H26F3N3O2S2. The average molecular weight is 486 g/mol. The number of nitrogens with one attached hydrogen (secondary N) is 1. The number of halogens is 3. The van der Waals surface area contributed by atoms with Crippen molar-refractivity contribution in [2.75, 3.05) is 32.2 Å². The fourth-order valence-electron chi connectivity index (χ4n) is 2.89. The normalized spacial score (nSPS) is 12.0. The van der Waals surface area contributed by atoms with Crippen LogP contribution in [-0.2, 0) is 15.2 Å². The van der Waals surface area contributed by atoms with Crippen LogP contribution in [0.15, 0.2) is 46.6 Å². The first-order chi connectivity index (χ1) is 15.4. The Morgan fingerprint density at radius 2 is 1.78 bits per heavy atom. The predicted octanol–water partition coefficient (Wildman–Crippen LogP) is 6.03. The Balaban J connectivity index is 1.33. The maximum absolute atomic E-state index is 12.0. The molecule has 0 fully saturated rings. The molecule has 10 heteroatoms. The number of fused-ring (bicyclic) bond motifs is 1. The summed E-state index contributed by atoms with van der Waals surface area (Å²) in [6.45, 7) is 1.92. The molecule has 0 aliphatic carbocycles. The first-order valence-electron chi connectivity index (χ1n) is 10.3. The van der Waals surface area contributed by atoms with E-state index in [2.05, 4.69) is 26.6 Å². The molecule has 32 heavy (non-hydrogen) atoms. The molecule has 0 atom stereocenters. The van der Waals surface area contributed by atoms with E-state index in [0.29, 0.717) is 19.6 Å². The number of alkyl halides is 3. The summed E-state index contributed by atoms with van der Waals surface area (Å²) in [6.07, 6.45) is -1.12. The fourth-order valence-corrected chi connectivity index (χ4v) is 4.77. The van der Waals surface area contributed by atoms with Crippen molar-refractivity contribution in [1.29, 1.82) is 0 Å². The van der Waals surface area contributed by atoms with Gasteiger partial charge in [-0.15, -0.1) is 11.8 Å². The van der Waals surface area contributed by atoms with Gasteiger partial charge < -0.3 is 14.5 Å². The summed E-state index contributed by atoms with van der Waals surface area (Å²) in [7, 11) is 0. The van der Waals surface area contributed by atoms with Crippen LogP contribution in [0, 0.1) is 6.92 Å². The van der Waals surface area contributed by atoms with Gasteiger partial charge in [-0.25, -0.2) is 4.98 Å². The van der Waals surface area contributed by atoms with Gasteiger partial charge in [0.2, 0.25) is 0 Å². The molecule has 0 bridgehead atoms. The smallest absolute Gasteiger partial charge is 0.381 e.